The Morgan fingerprint density at radius 2 is 1.36 bits per heavy atom. The molecule has 3 nitrogen and oxygen atoms in total. The molecule has 0 aliphatic heterocycles. The minimum Gasteiger partial charge on any atom is -0.382 e. The van der Waals surface area contributed by atoms with E-state index >= 15 is 0 Å². The monoisotopic (exact) mass is 380 g/mol. The van der Waals surface area contributed by atoms with E-state index in [9.17, 15) is 21.6 Å². The van der Waals surface area contributed by atoms with Gasteiger partial charge < -0.3 is 4.18 Å². The first-order valence-corrected chi connectivity index (χ1v) is 10.3. The van der Waals surface area contributed by atoms with Gasteiger partial charge in [-0.15, -0.1) is 0 Å². The highest BCUT2D eigenvalue weighted by Crippen LogP contribution is 2.25. The highest BCUT2D eigenvalue weighted by Gasteiger charge is 2.36. The van der Waals surface area contributed by atoms with Crippen molar-refractivity contribution in [2.45, 2.75) is 71.4 Å². The second-order valence-corrected chi connectivity index (χ2v) is 7.87. The lowest BCUT2D eigenvalue weighted by atomic mass is 10.0. The molecule has 0 bridgehead atoms. The Kier molecular flexibility index (Phi) is 8.76. The third-order valence-electron chi connectivity index (χ3n) is 3.73. The van der Waals surface area contributed by atoms with Crippen LogP contribution in [0.15, 0.2) is 18.2 Å². The first-order valence-electron chi connectivity index (χ1n) is 8.77. The van der Waals surface area contributed by atoms with Crippen molar-refractivity contribution in [1.29, 1.82) is 0 Å². The quantitative estimate of drug-likeness (QED) is 0.380. The third kappa shape index (κ3) is 9.72. The van der Waals surface area contributed by atoms with Crippen LogP contribution in [0, 0.1) is 0 Å². The van der Waals surface area contributed by atoms with Crippen molar-refractivity contribution >= 4 is 10.1 Å². The van der Waals surface area contributed by atoms with Gasteiger partial charge in [0.25, 0.3) is 0 Å². The van der Waals surface area contributed by atoms with Crippen molar-refractivity contribution in [2.75, 3.05) is 5.75 Å². The smallest absolute Gasteiger partial charge is 0.382 e. The lowest BCUT2D eigenvalue weighted by Crippen LogP contribution is -2.26. The molecule has 7 heteroatoms. The van der Waals surface area contributed by atoms with Crippen LogP contribution in [-0.4, -0.2) is 20.3 Å². The summed E-state index contributed by atoms with van der Waals surface area (Å²) in [5, 5.41) is 0. The molecule has 1 aromatic rings. The molecule has 0 aromatic heterocycles. The van der Waals surface area contributed by atoms with Crippen molar-refractivity contribution in [3.05, 3.63) is 29.3 Å². The number of hydrogen-bond donors (Lipinski definition) is 0. The van der Waals surface area contributed by atoms with Crippen LogP contribution in [0.1, 0.15) is 63.5 Å². The second-order valence-electron chi connectivity index (χ2n) is 6.30. The Labute approximate surface area is 148 Å². The highest BCUT2D eigenvalue weighted by molar-refractivity contribution is 7.87. The van der Waals surface area contributed by atoms with E-state index in [1.54, 1.807) is 0 Å². The second kappa shape index (κ2) is 10.0. The summed E-state index contributed by atoms with van der Waals surface area (Å²) in [6, 6.07) is 5.06. The first kappa shape index (κ1) is 21.8. The van der Waals surface area contributed by atoms with E-state index in [0.29, 0.717) is 0 Å². The molecular weight excluding hydrogens is 353 g/mol. The van der Waals surface area contributed by atoms with Crippen LogP contribution < -0.4 is 4.18 Å². The van der Waals surface area contributed by atoms with Gasteiger partial charge in [0, 0.05) is 0 Å². The van der Waals surface area contributed by atoms with Crippen molar-refractivity contribution < 1.29 is 25.8 Å². The van der Waals surface area contributed by atoms with Gasteiger partial charge in [-0.1, -0.05) is 45.6 Å². The van der Waals surface area contributed by atoms with Gasteiger partial charge in [0.2, 0.25) is 0 Å². The van der Waals surface area contributed by atoms with Gasteiger partial charge in [0.15, 0.2) is 5.75 Å². The maximum Gasteiger partial charge on any atom is 0.406 e. The average Bonchev–Trinajstić information content (AvgIpc) is 2.44. The number of aryl methyl sites for hydroxylation is 2. The topological polar surface area (TPSA) is 43.4 Å². The van der Waals surface area contributed by atoms with E-state index in [4.69, 9.17) is 4.18 Å². The van der Waals surface area contributed by atoms with Gasteiger partial charge in [-0.2, -0.15) is 21.6 Å². The SMILES string of the molecule is CCCCCc1cc(CCCCC)cc(OS(=O)(=O)CC(F)(F)F)c1. The number of alkyl halides is 3. The molecule has 0 saturated heterocycles. The van der Waals surface area contributed by atoms with Gasteiger partial charge in [-0.05, 0) is 48.9 Å². The van der Waals surface area contributed by atoms with Crippen LogP contribution >= 0.6 is 0 Å². The Morgan fingerprint density at radius 1 is 0.880 bits per heavy atom. The maximum atomic E-state index is 12.4. The minimum atomic E-state index is -4.82. The molecule has 0 amide bonds. The highest BCUT2D eigenvalue weighted by atomic mass is 32.2. The van der Waals surface area contributed by atoms with Gasteiger partial charge >= 0.3 is 16.3 Å². The molecule has 0 spiro atoms. The zero-order chi connectivity index (χ0) is 18.9. The van der Waals surface area contributed by atoms with E-state index in [1.165, 1.54) is 12.1 Å². The molecule has 1 aromatic carbocycles. The largest absolute Gasteiger partial charge is 0.406 e. The molecule has 1 rings (SSSR count). The molecule has 0 fully saturated rings. The summed E-state index contributed by atoms with van der Waals surface area (Å²) in [6.07, 6.45) is 2.79. The van der Waals surface area contributed by atoms with Gasteiger partial charge in [0.05, 0.1) is 0 Å². The number of halogens is 3. The molecule has 0 unspecified atom stereocenters. The molecule has 0 aliphatic rings. The van der Waals surface area contributed by atoms with Crippen molar-refractivity contribution in [1.82, 2.24) is 0 Å². The van der Waals surface area contributed by atoms with Gasteiger partial charge in [-0.25, -0.2) is 0 Å². The number of hydrogen-bond acceptors (Lipinski definition) is 3. The van der Waals surface area contributed by atoms with Gasteiger partial charge in [0.1, 0.15) is 5.75 Å². The number of rotatable bonds is 11. The summed E-state index contributed by atoms with van der Waals surface area (Å²) < 4.78 is 65.1. The van der Waals surface area contributed by atoms with Crippen LogP contribution in [0.4, 0.5) is 13.2 Å². The molecule has 0 heterocycles. The van der Waals surface area contributed by atoms with E-state index in [2.05, 4.69) is 13.8 Å². The summed E-state index contributed by atoms with van der Waals surface area (Å²) in [4.78, 5) is 0. The summed E-state index contributed by atoms with van der Waals surface area (Å²) in [5.41, 5.74) is 1.80. The Balaban J connectivity index is 2.94. The predicted molar refractivity (Wildman–Crippen MR) is 93.4 cm³/mol. The standard InChI is InChI=1S/C18H27F3O3S/c1-3-5-7-9-15-11-16(10-8-6-4-2)13-17(12-15)24-25(22,23)14-18(19,20)21/h11-13H,3-10,14H2,1-2H3. The van der Waals surface area contributed by atoms with Crippen molar-refractivity contribution in [3.8, 4) is 5.75 Å². The molecule has 0 atom stereocenters. The van der Waals surface area contributed by atoms with E-state index in [1.807, 2.05) is 6.07 Å². The first-order chi connectivity index (χ1) is 11.6. The molecule has 0 N–H and O–H groups in total. The van der Waals surface area contributed by atoms with Crippen molar-refractivity contribution in [2.24, 2.45) is 0 Å². The van der Waals surface area contributed by atoms with Crippen LogP contribution in [0.3, 0.4) is 0 Å². The van der Waals surface area contributed by atoms with E-state index in [-0.39, 0.29) is 5.75 Å². The van der Waals surface area contributed by atoms with E-state index in [0.717, 1.165) is 62.5 Å². The number of unbranched alkanes of at least 4 members (excludes halogenated alkanes) is 4. The fourth-order valence-electron chi connectivity index (χ4n) is 2.60. The summed E-state index contributed by atoms with van der Waals surface area (Å²) in [6.45, 7) is 4.17. The molecule has 25 heavy (non-hydrogen) atoms. The van der Waals surface area contributed by atoms with Gasteiger partial charge in [-0.3, -0.25) is 0 Å². The zero-order valence-corrected chi connectivity index (χ0v) is 15.7. The predicted octanol–water partition coefficient (Wildman–Crippen LogP) is 5.42. The maximum absolute atomic E-state index is 12.4. The third-order valence-corrected chi connectivity index (χ3v) is 4.86. The molecule has 0 aliphatic carbocycles. The van der Waals surface area contributed by atoms with Crippen LogP contribution in [-0.2, 0) is 23.0 Å². The minimum absolute atomic E-state index is 0.0234. The number of benzene rings is 1. The average molecular weight is 380 g/mol. The van der Waals surface area contributed by atoms with Crippen LogP contribution in [0.25, 0.3) is 0 Å². The summed E-state index contributed by atoms with van der Waals surface area (Å²) in [7, 11) is -4.70. The zero-order valence-electron chi connectivity index (χ0n) is 14.9. The van der Waals surface area contributed by atoms with Crippen LogP contribution in [0.5, 0.6) is 5.75 Å². The van der Waals surface area contributed by atoms with Crippen LogP contribution in [0.2, 0.25) is 0 Å². The summed E-state index contributed by atoms with van der Waals surface area (Å²) >= 11 is 0. The van der Waals surface area contributed by atoms with E-state index < -0.39 is 22.0 Å². The Bertz CT molecular complexity index is 597. The molecule has 0 saturated carbocycles. The van der Waals surface area contributed by atoms with Crippen molar-refractivity contribution in [3.63, 3.8) is 0 Å². The fourth-order valence-corrected chi connectivity index (χ4v) is 3.45. The molecular formula is C18H27F3O3S. The summed E-state index contributed by atoms with van der Waals surface area (Å²) in [5.74, 6) is -2.00. The Hall–Kier alpha value is -1.24. The molecule has 144 valence electrons. The normalized spacial score (nSPS) is 12.4. The molecule has 0 radical (unpaired) electrons. The Morgan fingerprint density at radius 3 is 1.76 bits per heavy atom. The lowest BCUT2D eigenvalue weighted by molar-refractivity contribution is -0.107. The lowest BCUT2D eigenvalue weighted by Gasteiger charge is -2.12. The fraction of sp³-hybridized carbons (Fsp3) is 0.667.